The van der Waals surface area contributed by atoms with Gasteiger partial charge in [-0.2, -0.15) is 0 Å². The molecule has 0 spiro atoms. The lowest BCUT2D eigenvalue weighted by atomic mass is 10.0. The van der Waals surface area contributed by atoms with Gasteiger partial charge in [0.2, 0.25) is 11.6 Å². The molecule has 0 aliphatic rings. The molecule has 0 aromatic heterocycles. The topological polar surface area (TPSA) is 71.4 Å². The second-order valence-electron chi connectivity index (χ2n) is 5.06. The van der Waals surface area contributed by atoms with Crippen molar-refractivity contribution in [3.8, 4) is 0 Å². The van der Waals surface area contributed by atoms with Gasteiger partial charge >= 0.3 is 5.97 Å². The Hall–Kier alpha value is -3.53. The number of carbonyl (C=O) groups excluding carboxylic acids is 2. The van der Waals surface area contributed by atoms with E-state index >= 15 is 0 Å². The van der Waals surface area contributed by atoms with Crippen molar-refractivity contribution in [2.45, 2.75) is 0 Å². The van der Waals surface area contributed by atoms with Crippen molar-refractivity contribution in [1.29, 1.82) is 0 Å². The van der Waals surface area contributed by atoms with Crippen LogP contribution >= 0.6 is 0 Å². The van der Waals surface area contributed by atoms with E-state index in [2.05, 4.69) is 0 Å². The smallest absolute Gasteiger partial charge is 0.335 e. The SMILES string of the molecule is O=C(C(=O)c1ccccc1)c1ccccc1.O=C(O)c1ccccc1. The molecule has 0 amide bonds. The van der Waals surface area contributed by atoms with Crippen molar-refractivity contribution in [3.63, 3.8) is 0 Å². The van der Waals surface area contributed by atoms with Gasteiger partial charge in [0.25, 0.3) is 0 Å². The first-order chi connectivity index (χ1) is 12.1. The summed E-state index contributed by atoms with van der Waals surface area (Å²) in [6, 6.07) is 25.4. The Morgan fingerprint density at radius 1 is 0.480 bits per heavy atom. The van der Waals surface area contributed by atoms with Gasteiger partial charge in [0.05, 0.1) is 5.56 Å². The summed E-state index contributed by atoms with van der Waals surface area (Å²) in [7, 11) is 0. The molecule has 25 heavy (non-hydrogen) atoms. The number of rotatable bonds is 4. The van der Waals surface area contributed by atoms with E-state index in [-0.39, 0.29) is 0 Å². The number of carboxylic acid groups (broad SMARTS) is 1. The maximum absolute atomic E-state index is 11.8. The van der Waals surface area contributed by atoms with E-state index in [0.717, 1.165) is 0 Å². The maximum Gasteiger partial charge on any atom is 0.335 e. The van der Waals surface area contributed by atoms with E-state index in [1.807, 2.05) is 12.1 Å². The minimum atomic E-state index is -0.879. The molecule has 124 valence electrons. The Morgan fingerprint density at radius 2 is 0.760 bits per heavy atom. The normalized spacial score (nSPS) is 9.44. The van der Waals surface area contributed by atoms with Crippen LogP contribution in [0.4, 0.5) is 0 Å². The average Bonchev–Trinajstić information content (AvgIpc) is 2.69. The molecule has 0 heterocycles. The molecule has 0 aliphatic carbocycles. The second kappa shape index (κ2) is 8.93. The van der Waals surface area contributed by atoms with Crippen LogP contribution in [-0.4, -0.2) is 22.6 Å². The third-order valence-electron chi connectivity index (χ3n) is 3.30. The van der Waals surface area contributed by atoms with Crippen LogP contribution < -0.4 is 0 Å². The molecule has 0 aliphatic heterocycles. The number of ketones is 2. The second-order valence-corrected chi connectivity index (χ2v) is 5.06. The van der Waals surface area contributed by atoms with Gasteiger partial charge in [-0.25, -0.2) is 4.79 Å². The van der Waals surface area contributed by atoms with E-state index in [4.69, 9.17) is 5.11 Å². The molecule has 0 fully saturated rings. The number of hydrogen-bond acceptors (Lipinski definition) is 3. The quantitative estimate of drug-likeness (QED) is 0.576. The first kappa shape index (κ1) is 17.8. The van der Waals surface area contributed by atoms with E-state index in [9.17, 15) is 14.4 Å². The van der Waals surface area contributed by atoms with Crippen molar-refractivity contribution in [2.24, 2.45) is 0 Å². The summed E-state index contributed by atoms with van der Waals surface area (Å²) in [5, 5.41) is 8.38. The third kappa shape index (κ3) is 5.25. The van der Waals surface area contributed by atoms with Crippen molar-refractivity contribution >= 4 is 17.5 Å². The summed E-state index contributed by atoms with van der Waals surface area (Å²) in [6.07, 6.45) is 0. The number of carbonyl (C=O) groups is 3. The van der Waals surface area contributed by atoms with Gasteiger partial charge in [0.1, 0.15) is 0 Å². The highest BCUT2D eigenvalue weighted by atomic mass is 16.4. The molecule has 0 unspecified atom stereocenters. The molecule has 3 aromatic rings. The average molecular weight is 332 g/mol. The number of Topliss-reactive ketones (excluding diaryl/α,β-unsaturated/α-hetero) is 2. The monoisotopic (exact) mass is 332 g/mol. The van der Waals surface area contributed by atoms with Crippen LogP contribution in [0.15, 0.2) is 91.0 Å². The minimum absolute atomic E-state index is 0.331. The summed E-state index contributed by atoms with van der Waals surface area (Å²) in [4.78, 5) is 33.8. The van der Waals surface area contributed by atoms with Crippen LogP contribution in [0.5, 0.6) is 0 Å². The predicted molar refractivity (Wildman–Crippen MR) is 94.9 cm³/mol. The van der Waals surface area contributed by atoms with Gasteiger partial charge in [-0.05, 0) is 12.1 Å². The molecule has 0 radical (unpaired) electrons. The van der Waals surface area contributed by atoms with Crippen LogP contribution in [0, 0.1) is 0 Å². The summed E-state index contributed by atoms with van der Waals surface area (Å²) in [6.45, 7) is 0. The Kier molecular flexibility index (Phi) is 6.37. The maximum atomic E-state index is 11.8. The predicted octanol–water partition coefficient (Wildman–Crippen LogP) is 4.14. The lowest BCUT2D eigenvalue weighted by Gasteiger charge is -1.99. The van der Waals surface area contributed by atoms with Crippen molar-refractivity contribution in [2.75, 3.05) is 0 Å². The first-order valence-electron chi connectivity index (χ1n) is 7.57. The fraction of sp³-hybridized carbons (Fsp3) is 0. The molecule has 4 heteroatoms. The Morgan fingerprint density at radius 3 is 1.00 bits per heavy atom. The van der Waals surface area contributed by atoms with Crippen LogP contribution in [0.2, 0.25) is 0 Å². The third-order valence-corrected chi connectivity index (χ3v) is 3.30. The molecule has 3 aromatic carbocycles. The molecule has 0 saturated carbocycles. The van der Waals surface area contributed by atoms with Gasteiger partial charge in [0, 0.05) is 11.1 Å². The Bertz CT molecular complexity index is 791. The van der Waals surface area contributed by atoms with E-state index in [0.29, 0.717) is 16.7 Å². The zero-order chi connectivity index (χ0) is 18.1. The molecule has 0 bridgehead atoms. The lowest BCUT2D eigenvalue weighted by Crippen LogP contribution is -2.14. The number of benzene rings is 3. The first-order valence-corrected chi connectivity index (χ1v) is 7.57. The van der Waals surface area contributed by atoms with E-state index in [1.54, 1.807) is 78.9 Å². The van der Waals surface area contributed by atoms with Crippen molar-refractivity contribution in [1.82, 2.24) is 0 Å². The summed E-state index contributed by atoms with van der Waals surface area (Å²) in [5.41, 5.74) is 1.19. The number of carboxylic acids is 1. The summed E-state index contributed by atoms with van der Waals surface area (Å²) in [5.74, 6) is -1.81. The molecular formula is C21H16O4. The van der Waals surface area contributed by atoms with Crippen molar-refractivity contribution < 1.29 is 19.5 Å². The highest BCUT2D eigenvalue weighted by Crippen LogP contribution is 2.07. The van der Waals surface area contributed by atoms with E-state index < -0.39 is 17.5 Å². The van der Waals surface area contributed by atoms with Gasteiger partial charge in [0.15, 0.2) is 0 Å². The van der Waals surface area contributed by atoms with E-state index in [1.165, 1.54) is 0 Å². The molecule has 0 atom stereocenters. The highest BCUT2D eigenvalue weighted by molar-refractivity contribution is 6.49. The van der Waals surface area contributed by atoms with Gasteiger partial charge in [-0.15, -0.1) is 0 Å². The fourth-order valence-electron chi connectivity index (χ4n) is 2.02. The Balaban J connectivity index is 0.000000212. The van der Waals surface area contributed by atoms with Crippen LogP contribution in [-0.2, 0) is 0 Å². The molecule has 4 nitrogen and oxygen atoms in total. The van der Waals surface area contributed by atoms with Gasteiger partial charge in [-0.1, -0.05) is 78.9 Å². The van der Waals surface area contributed by atoms with Crippen LogP contribution in [0.25, 0.3) is 0 Å². The molecular weight excluding hydrogens is 316 g/mol. The largest absolute Gasteiger partial charge is 0.478 e. The molecule has 0 saturated heterocycles. The summed E-state index contributed by atoms with van der Waals surface area (Å²) < 4.78 is 0. The van der Waals surface area contributed by atoms with Gasteiger partial charge in [-0.3, -0.25) is 9.59 Å². The van der Waals surface area contributed by atoms with Crippen LogP contribution in [0.3, 0.4) is 0 Å². The number of aromatic carboxylic acids is 1. The van der Waals surface area contributed by atoms with Gasteiger partial charge < -0.3 is 5.11 Å². The molecule has 1 N–H and O–H groups in total. The Labute approximate surface area is 145 Å². The molecule has 3 rings (SSSR count). The zero-order valence-corrected chi connectivity index (χ0v) is 13.3. The zero-order valence-electron chi connectivity index (χ0n) is 13.3. The highest BCUT2D eigenvalue weighted by Gasteiger charge is 2.16. The lowest BCUT2D eigenvalue weighted by molar-refractivity contribution is 0.0696. The summed E-state index contributed by atoms with van der Waals surface area (Å²) >= 11 is 0. The van der Waals surface area contributed by atoms with Crippen molar-refractivity contribution in [3.05, 3.63) is 108 Å². The number of hydrogen-bond donors (Lipinski definition) is 1. The van der Waals surface area contributed by atoms with Crippen LogP contribution in [0.1, 0.15) is 31.1 Å². The standard InChI is InChI=1S/C14H10O2.C7H6O2/c15-13(11-7-3-1-4-8-11)14(16)12-9-5-2-6-10-12;8-7(9)6-4-2-1-3-5-6/h1-10H;1-5H,(H,8,9). The minimum Gasteiger partial charge on any atom is -0.478 e. The fourth-order valence-corrected chi connectivity index (χ4v) is 2.02.